The summed E-state index contributed by atoms with van der Waals surface area (Å²) in [4.78, 5) is 37.9. The fourth-order valence-corrected chi connectivity index (χ4v) is 4.32. The quantitative estimate of drug-likeness (QED) is 0.735. The van der Waals surface area contributed by atoms with Gasteiger partial charge in [0.1, 0.15) is 24.1 Å². The van der Waals surface area contributed by atoms with Crippen LogP contribution in [0.4, 0.5) is 10.2 Å². The molecule has 1 fully saturated rings. The zero-order valence-electron chi connectivity index (χ0n) is 17.9. The van der Waals surface area contributed by atoms with Crippen LogP contribution in [0, 0.1) is 12.7 Å². The van der Waals surface area contributed by atoms with E-state index in [9.17, 15) is 14.0 Å². The second kappa shape index (κ2) is 9.09. The number of carbonyl (C=O) groups is 2. The first-order valence-corrected chi connectivity index (χ1v) is 10.6. The van der Waals surface area contributed by atoms with Crippen molar-refractivity contribution in [2.75, 3.05) is 31.7 Å². The molecule has 0 aliphatic carbocycles. The zero-order valence-corrected chi connectivity index (χ0v) is 17.9. The fraction of sp³-hybridized carbons (Fsp3) is 0.478. The Kier molecular flexibility index (Phi) is 6.27. The number of anilines is 1. The molecule has 0 spiro atoms. The van der Waals surface area contributed by atoms with Crippen molar-refractivity contribution in [1.82, 2.24) is 14.9 Å². The number of nitrogens with zero attached hydrogens (tertiary/aromatic N) is 4. The second-order valence-electron chi connectivity index (χ2n) is 8.16. The maximum atomic E-state index is 13.3. The molecule has 8 heteroatoms. The fourth-order valence-electron chi connectivity index (χ4n) is 4.32. The van der Waals surface area contributed by atoms with Gasteiger partial charge in [-0.05, 0) is 43.9 Å². The normalized spacial score (nSPS) is 17.1. The number of halogens is 1. The molecule has 0 saturated carbocycles. The number of amides is 2. The molecule has 0 bridgehead atoms. The Morgan fingerprint density at radius 1 is 1.16 bits per heavy atom. The van der Waals surface area contributed by atoms with E-state index in [1.165, 1.54) is 19.2 Å². The maximum Gasteiger partial charge on any atom is 0.248 e. The highest BCUT2D eigenvalue weighted by Crippen LogP contribution is 2.33. The molecule has 7 nitrogen and oxygen atoms in total. The van der Waals surface area contributed by atoms with Crippen LogP contribution in [0.1, 0.15) is 47.8 Å². The number of rotatable bonds is 5. The number of fused-ring (bicyclic) bond motifs is 1. The lowest BCUT2D eigenvalue weighted by Crippen LogP contribution is -2.40. The Morgan fingerprint density at radius 2 is 1.87 bits per heavy atom. The van der Waals surface area contributed by atoms with Crippen LogP contribution in [0.25, 0.3) is 0 Å². The predicted octanol–water partition coefficient (Wildman–Crippen LogP) is 2.76. The van der Waals surface area contributed by atoms with Gasteiger partial charge < -0.3 is 9.64 Å². The Bertz CT molecular complexity index is 972. The van der Waals surface area contributed by atoms with Gasteiger partial charge >= 0.3 is 0 Å². The lowest BCUT2D eigenvalue weighted by Gasteiger charge is -2.33. The molecule has 0 N–H and O–H groups in total. The van der Waals surface area contributed by atoms with Crippen LogP contribution in [0.15, 0.2) is 24.3 Å². The van der Waals surface area contributed by atoms with Gasteiger partial charge in [0.05, 0.1) is 6.54 Å². The monoisotopic (exact) mass is 426 g/mol. The summed E-state index contributed by atoms with van der Waals surface area (Å²) in [5.74, 6) is 1.25. The van der Waals surface area contributed by atoms with Crippen LogP contribution in [-0.2, 0) is 27.3 Å². The number of carbonyl (C=O) groups excluding carboxylic acids is 2. The number of likely N-dealkylation sites (tertiary alicyclic amines) is 1. The summed E-state index contributed by atoms with van der Waals surface area (Å²) in [6.45, 7) is 3.70. The average molecular weight is 426 g/mol. The molecule has 1 aromatic heterocycles. The first kappa shape index (κ1) is 21.4. The third-order valence-electron chi connectivity index (χ3n) is 6.09. The Morgan fingerprint density at radius 3 is 2.55 bits per heavy atom. The Balaban J connectivity index is 1.56. The van der Waals surface area contributed by atoms with E-state index in [4.69, 9.17) is 14.7 Å². The number of benzene rings is 1. The third kappa shape index (κ3) is 4.58. The molecule has 1 aromatic carbocycles. The van der Waals surface area contributed by atoms with Crippen molar-refractivity contribution >= 4 is 17.6 Å². The molecule has 2 aliphatic heterocycles. The van der Waals surface area contributed by atoms with E-state index in [-0.39, 0.29) is 30.2 Å². The van der Waals surface area contributed by atoms with Crippen molar-refractivity contribution in [2.45, 2.75) is 45.1 Å². The summed E-state index contributed by atoms with van der Waals surface area (Å²) in [6.07, 6.45) is 2.60. The topological polar surface area (TPSA) is 75.6 Å². The van der Waals surface area contributed by atoms with Gasteiger partial charge in [-0.1, -0.05) is 12.1 Å². The molecule has 0 atom stereocenters. The lowest BCUT2D eigenvalue weighted by atomic mass is 9.94. The van der Waals surface area contributed by atoms with Crippen LogP contribution in [0.5, 0.6) is 0 Å². The molecule has 2 aromatic rings. The van der Waals surface area contributed by atoms with Gasteiger partial charge in [0.2, 0.25) is 11.8 Å². The number of piperidine rings is 1. The van der Waals surface area contributed by atoms with Gasteiger partial charge in [0.15, 0.2) is 0 Å². The van der Waals surface area contributed by atoms with E-state index in [0.29, 0.717) is 38.3 Å². The number of aromatic nitrogens is 2. The first-order valence-electron chi connectivity index (χ1n) is 10.6. The lowest BCUT2D eigenvalue weighted by molar-refractivity contribution is -0.136. The standard InChI is InChI=1S/C23H27FN4O3/c1-15-19-7-8-20(29)28(13-16-3-5-18(24)6-4-16)23(19)26-22(25-15)17-9-11-27(12-10-17)21(30)14-31-2/h3-6,17H,7-14H2,1-2H3. The number of methoxy groups -OCH3 is 1. The van der Waals surface area contributed by atoms with E-state index >= 15 is 0 Å². The van der Waals surface area contributed by atoms with E-state index < -0.39 is 0 Å². The molecule has 0 unspecified atom stereocenters. The number of ether oxygens (including phenoxy) is 1. The zero-order chi connectivity index (χ0) is 22.0. The number of hydrogen-bond acceptors (Lipinski definition) is 5. The minimum atomic E-state index is -0.301. The summed E-state index contributed by atoms with van der Waals surface area (Å²) in [6, 6.07) is 6.19. The van der Waals surface area contributed by atoms with Crippen LogP contribution < -0.4 is 4.90 Å². The predicted molar refractivity (Wildman–Crippen MR) is 113 cm³/mol. The highest BCUT2D eigenvalue weighted by Gasteiger charge is 2.31. The van der Waals surface area contributed by atoms with Crippen molar-refractivity contribution in [1.29, 1.82) is 0 Å². The molecule has 31 heavy (non-hydrogen) atoms. The number of hydrogen-bond donors (Lipinski definition) is 0. The molecule has 164 valence electrons. The molecule has 1 saturated heterocycles. The molecule has 4 rings (SSSR count). The molecule has 0 radical (unpaired) electrons. The summed E-state index contributed by atoms with van der Waals surface area (Å²) < 4.78 is 18.2. The van der Waals surface area contributed by atoms with E-state index in [2.05, 4.69) is 0 Å². The van der Waals surface area contributed by atoms with Gasteiger partial charge in [-0.15, -0.1) is 0 Å². The van der Waals surface area contributed by atoms with Gasteiger partial charge in [-0.25, -0.2) is 14.4 Å². The Hall–Kier alpha value is -2.87. The third-order valence-corrected chi connectivity index (χ3v) is 6.09. The Labute approximate surface area is 181 Å². The van der Waals surface area contributed by atoms with E-state index in [1.54, 1.807) is 17.0 Å². The van der Waals surface area contributed by atoms with Crippen molar-refractivity contribution in [3.05, 3.63) is 52.7 Å². The molecule has 2 aliphatic rings. The van der Waals surface area contributed by atoms with Gasteiger partial charge in [-0.3, -0.25) is 14.5 Å². The minimum Gasteiger partial charge on any atom is -0.375 e. The molecular formula is C23H27FN4O3. The second-order valence-corrected chi connectivity index (χ2v) is 8.16. The molecule has 2 amide bonds. The van der Waals surface area contributed by atoms with Crippen molar-refractivity contribution < 1.29 is 18.7 Å². The van der Waals surface area contributed by atoms with Crippen molar-refractivity contribution in [3.8, 4) is 0 Å². The maximum absolute atomic E-state index is 13.3. The van der Waals surface area contributed by atoms with Crippen LogP contribution in [0.3, 0.4) is 0 Å². The van der Waals surface area contributed by atoms with E-state index in [0.717, 1.165) is 35.5 Å². The van der Waals surface area contributed by atoms with Gasteiger partial charge in [0.25, 0.3) is 0 Å². The van der Waals surface area contributed by atoms with Crippen LogP contribution in [0.2, 0.25) is 0 Å². The van der Waals surface area contributed by atoms with E-state index in [1.807, 2.05) is 11.8 Å². The van der Waals surface area contributed by atoms with Crippen molar-refractivity contribution in [2.24, 2.45) is 0 Å². The average Bonchev–Trinajstić information content (AvgIpc) is 2.77. The highest BCUT2D eigenvalue weighted by molar-refractivity contribution is 5.95. The smallest absolute Gasteiger partial charge is 0.248 e. The van der Waals surface area contributed by atoms with Crippen LogP contribution >= 0.6 is 0 Å². The summed E-state index contributed by atoms with van der Waals surface area (Å²) in [5, 5.41) is 0. The SMILES string of the molecule is COCC(=O)N1CCC(c2nc(C)c3c(n2)N(Cc2ccc(F)cc2)C(=O)CC3)CC1. The summed E-state index contributed by atoms with van der Waals surface area (Å²) in [5.41, 5.74) is 2.75. The molecular weight excluding hydrogens is 399 g/mol. The summed E-state index contributed by atoms with van der Waals surface area (Å²) in [7, 11) is 1.52. The molecule has 3 heterocycles. The van der Waals surface area contributed by atoms with Crippen molar-refractivity contribution in [3.63, 3.8) is 0 Å². The van der Waals surface area contributed by atoms with Crippen LogP contribution in [-0.4, -0.2) is 53.5 Å². The summed E-state index contributed by atoms with van der Waals surface area (Å²) >= 11 is 0. The van der Waals surface area contributed by atoms with Gasteiger partial charge in [-0.2, -0.15) is 0 Å². The largest absolute Gasteiger partial charge is 0.375 e. The first-order chi connectivity index (χ1) is 15.0. The number of aryl methyl sites for hydroxylation is 1. The van der Waals surface area contributed by atoms with Gasteiger partial charge in [0, 0.05) is 43.8 Å². The highest BCUT2D eigenvalue weighted by atomic mass is 19.1. The minimum absolute atomic E-state index is 0.000408.